The Hall–Kier alpha value is -1.85. The molecule has 0 unspecified atom stereocenters. The lowest BCUT2D eigenvalue weighted by atomic mass is 9.53. The molecular weight excluding hydrogens is 328 g/mol. The molecule has 1 aromatic rings. The smallest absolute Gasteiger partial charge is 0.335 e. The van der Waals surface area contributed by atoms with Crippen LogP contribution >= 0.6 is 0 Å². The van der Waals surface area contributed by atoms with Crippen molar-refractivity contribution in [2.75, 3.05) is 25.5 Å². The van der Waals surface area contributed by atoms with E-state index in [0.29, 0.717) is 12.1 Å². The van der Waals surface area contributed by atoms with Gasteiger partial charge in [0, 0.05) is 29.4 Å². The normalized spacial score (nSPS) is 41.7. The molecule has 136 valence electrons. The Labute approximate surface area is 153 Å². The van der Waals surface area contributed by atoms with Crippen LogP contribution in [0.1, 0.15) is 31.7 Å². The fourth-order valence-electron chi connectivity index (χ4n) is 6.80. The molecular formula is C21H24N2O3. The lowest BCUT2D eigenvalue weighted by Crippen LogP contribution is -2.63. The highest BCUT2D eigenvalue weighted by Gasteiger charge is 2.73. The molecule has 5 heteroatoms. The number of anilines is 1. The van der Waals surface area contributed by atoms with Gasteiger partial charge in [0.25, 0.3) is 0 Å². The Balaban J connectivity index is 1.66. The van der Waals surface area contributed by atoms with Crippen LogP contribution in [0.3, 0.4) is 0 Å². The van der Waals surface area contributed by atoms with Gasteiger partial charge in [0.2, 0.25) is 0 Å². The zero-order valence-corrected chi connectivity index (χ0v) is 15.2. The van der Waals surface area contributed by atoms with Gasteiger partial charge in [-0.05, 0) is 37.4 Å². The molecule has 5 nitrogen and oxygen atoms in total. The van der Waals surface area contributed by atoms with Gasteiger partial charge < -0.3 is 14.8 Å². The summed E-state index contributed by atoms with van der Waals surface area (Å²) in [7, 11) is 1.49. The minimum absolute atomic E-state index is 0.00836. The van der Waals surface area contributed by atoms with Crippen molar-refractivity contribution in [2.24, 2.45) is 5.41 Å². The number of hydrogen-bond acceptors (Lipinski definition) is 5. The van der Waals surface area contributed by atoms with Crippen LogP contribution in [0.5, 0.6) is 0 Å². The van der Waals surface area contributed by atoms with Crippen LogP contribution in [-0.2, 0) is 19.7 Å². The van der Waals surface area contributed by atoms with E-state index in [1.807, 2.05) is 0 Å². The van der Waals surface area contributed by atoms with E-state index in [0.717, 1.165) is 49.3 Å². The Morgan fingerprint density at radius 1 is 1.42 bits per heavy atom. The lowest BCUT2D eigenvalue weighted by Gasteiger charge is -2.54. The van der Waals surface area contributed by atoms with Gasteiger partial charge in [-0.3, -0.25) is 4.90 Å². The fourth-order valence-corrected chi connectivity index (χ4v) is 6.80. The molecule has 26 heavy (non-hydrogen) atoms. The van der Waals surface area contributed by atoms with E-state index in [1.165, 1.54) is 12.7 Å². The number of nitrogens with zero attached hydrogens (tertiary/aromatic N) is 1. The van der Waals surface area contributed by atoms with E-state index in [2.05, 4.69) is 41.4 Å². The van der Waals surface area contributed by atoms with Crippen LogP contribution in [0.4, 0.5) is 5.69 Å². The minimum atomic E-state index is -0.188. The van der Waals surface area contributed by atoms with Crippen molar-refractivity contribution in [3.05, 3.63) is 41.1 Å². The first-order valence-corrected chi connectivity index (χ1v) is 9.73. The van der Waals surface area contributed by atoms with Crippen molar-refractivity contribution >= 4 is 11.7 Å². The maximum atomic E-state index is 12.8. The van der Waals surface area contributed by atoms with Gasteiger partial charge in [-0.25, -0.2) is 4.79 Å². The monoisotopic (exact) mass is 352 g/mol. The van der Waals surface area contributed by atoms with Crippen molar-refractivity contribution in [1.82, 2.24) is 4.90 Å². The zero-order chi connectivity index (χ0) is 17.7. The summed E-state index contributed by atoms with van der Waals surface area (Å²) in [5, 5.41) is 3.63. The first-order chi connectivity index (χ1) is 12.7. The molecule has 0 aromatic heterocycles. The van der Waals surface area contributed by atoms with Crippen LogP contribution < -0.4 is 5.32 Å². The van der Waals surface area contributed by atoms with E-state index in [-0.39, 0.29) is 22.9 Å². The second-order valence-corrected chi connectivity index (χ2v) is 8.49. The molecule has 5 atom stereocenters. The number of nitrogens with one attached hydrogen (secondary N) is 1. The number of ether oxygens (including phenoxy) is 2. The third-order valence-electron chi connectivity index (χ3n) is 7.74. The van der Waals surface area contributed by atoms with Crippen molar-refractivity contribution in [2.45, 2.75) is 49.9 Å². The van der Waals surface area contributed by atoms with E-state index >= 15 is 0 Å². The SMILES string of the molecule is CC[C@@]12CC(C(=O)OC)=C3Nc4ccccc4[C@@]34CCN(C[C@H]3O[C@H]31)[C@@H]24. The molecule has 5 aliphatic rings. The maximum absolute atomic E-state index is 12.8. The molecule has 0 saturated carbocycles. The standard InChI is InChI=1S/C21H24N2O3/c1-3-20-10-12(18(24)25-2)16-21(13-6-4-5-7-14(13)22-16)8-9-23(19(20)21)11-15-17(20)26-15/h4-7,15,17,19,22H,3,8-11H2,1-2H3/t15-,17-,19+,20-,21+/m1/s1. The second-order valence-electron chi connectivity index (χ2n) is 8.49. The Morgan fingerprint density at radius 3 is 3.08 bits per heavy atom. The Kier molecular flexibility index (Phi) is 2.75. The minimum Gasteiger partial charge on any atom is -0.466 e. The molecule has 0 bridgehead atoms. The molecule has 1 spiro atoms. The highest BCUT2D eigenvalue weighted by atomic mass is 16.6. The van der Waals surface area contributed by atoms with Gasteiger partial charge in [0.15, 0.2) is 0 Å². The quantitative estimate of drug-likeness (QED) is 0.654. The molecule has 1 aromatic carbocycles. The summed E-state index contributed by atoms with van der Waals surface area (Å²) >= 11 is 0. The van der Waals surface area contributed by atoms with Crippen LogP contribution in [0.2, 0.25) is 0 Å². The number of esters is 1. The summed E-state index contributed by atoms with van der Waals surface area (Å²) < 4.78 is 11.4. The average molecular weight is 352 g/mol. The number of rotatable bonds is 2. The fraction of sp³-hybridized carbons (Fsp3) is 0.571. The number of epoxide rings is 1. The first kappa shape index (κ1) is 15.2. The maximum Gasteiger partial charge on any atom is 0.335 e. The lowest BCUT2D eigenvalue weighted by molar-refractivity contribution is -0.137. The van der Waals surface area contributed by atoms with Gasteiger partial charge in [-0.2, -0.15) is 0 Å². The number of para-hydroxylation sites is 1. The van der Waals surface area contributed by atoms with Crippen LogP contribution in [0.25, 0.3) is 0 Å². The van der Waals surface area contributed by atoms with Crippen molar-refractivity contribution in [1.29, 1.82) is 0 Å². The first-order valence-electron chi connectivity index (χ1n) is 9.73. The van der Waals surface area contributed by atoms with Gasteiger partial charge in [0.1, 0.15) is 0 Å². The summed E-state index contributed by atoms with van der Waals surface area (Å²) in [6.07, 6.45) is 3.44. The highest BCUT2D eigenvalue weighted by Crippen LogP contribution is 2.68. The summed E-state index contributed by atoms with van der Waals surface area (Å²) in [6.45, 7) is 4.36. The average Bonchev–Trinajstić information content (AvgIpc) is 3.25. The number of fused-ring (bicyclic) bond motifs is 3. The number of benzene rings is 1. The molecule has 3 fully saturated rings. The summed E-state index contributed by atoms with van der Waals surface area (Å²) in [4.78, 5) is 15.5. The Bertz CT molecular complexity index is 865. The molecule has 6 rings (SSSR count). The Morgan fingerprint density at radius 2 is 2.27 bits per heavy atom. The number of methoxy groups -OCH3 is 1. The second kappa shape index (κ2) is 4.70. The molecule has 0 amide bonds. The number of hydrogen-bond donors (Lipinski definition) is 1. The summed E-state index contributed by atoms with van der Waals surface area (Å²) in [5.74, 6) is -0.188. The topological polar surface area (TPSA) is 54.1 Å². The van der Waals surface area contributed by atoms with Crippen LogP contribution in [-0.4, -0.2) is 49.3 Å². The van der Waals surface area contributed by atoms with Gasteiger partial charge >= 0.3 is 5.97 Å². The van der Waals surface area contributed by atoms with E-state index in [1.54, 1.807) is 0 Å². The predicted molar refractivity (Wildman–Crippen MR) is 96.8 cm³/mol. The van der Waals surface area contributed by atoms with Gasteiger partial charge in [-0.1, -0.05) is 25.1 Å². The third kappa shape index (κ3) is 1.50. The molecule has 1 N–H and O–H groups in total. The van der Waals surface area contributed by atoms with Crippen molar-refractivity contribution < 1.29 is 14.3 Å². The molecule has 1 aliphatic carbocycles. The number of carbonyl (C=O) groups excluding carboxylic acids is 1. The van der Waals surface area contributed by atoms with E-state index in [9.17, 15) is 4.79 Å². The largest absolute Gasteiger partial charge is 0.466 e. The predicted octanol–water partition coefficient (Wildman–Crippen LogP) is 2.43. The number of piperidine rings is 1. The number of carbonyl (C=O) groups is 1. The third-order valence-corrected chi connectivity index (χ3v) is 7.74. The molecule has 3 saturated heterocycles. The highest BCUT2D eigenvalue weighted by molar-refractivity contribution is 5.93. The van der Waals surface area contributed by atoms with Gasteiger partial charge in [-0.15, -0.1) is 0 Å². The summed E-state index contributed by atoms with van der Waals surface area (Å²) in [6, 6.07) is 8.97. The van der Waals surface area contributed by atoms with Crippen LogP contribution in [0, 0.1) is 5.41 Å². The molecule has 0 radical (unpaired) electrons. The summed E-state index contributed by atoms with van der Waals surface area (Å²) in [5.41, 5.74) is 4.29. The molecule has 4 heterocycles. The van der Waals surface area contributed by atoms with Crippen LogP contribution in [0.15, 0.2) is 35.5 Å². The van der Waals surface area contributed by atoms with Crippen molar-refractivity contribution in [3.63, 3.8) is 0 Å². The van der Waals surface area contributed by atoms with E-state index < -0.39 is 0 Å². The van der Waals surface area contributed by atoms with Gasteiger partial charge in [0.05, 0.1) is 30.3 Å². The zero-order valence-electron chi connectivity index (χ0n) is 15.2. The van der Waals surface area contributed by atoms with E-state index in [4.69, 9.17) is 9.47 Å². The molecule has 4 aliphatic heterocycles. The van der Waals surface area contributed by atoms with Crippen molar-refractivity contribution in [3.8, 4) is 0 Å².